The molecule has 8 atom stereocenters. The summed E-state index contributed by atoms with van der Waals surface area (Å²) in [5.74, 6) is 2.03. The summed E-state index contributed by atoms with van der Waals surface area (Å²) in [6, 6.07) is 0. The molecule has 1 aliphatic heterocycles. The number of Topliss-reactive ketones (excluding diaryl/α,β-unsaturated/α-hetero) is 1. The largest absolute Gasteiger partial charge is 0.462 e. The van der Waals surface area contributed by atoms with Crippen LogP contribution in [0.2, 0.25) is 0 Å². The van der Waals surface area contributed by atoms with E-state index in [-0.39, 0.29) is 34.8 Å². The SMILES string of the molecule is CC(=O)O[C@@H]1CC[C@@]2(C)C(=CC[C@H]3[C@H]4C[C@@H]5O[C@]5(C(C)=O)[C@]4(C)CC[C@@H]32)C1. The maximum atomic E-state index is 12.5. The number of epoxide rings is 1. The van der Waals surface area contributed by atoms with Gasteiger partial charge in [0.15, 0.2) is 11.4 Å². The standard InChI is InChI=1S/C23H32O4/c1-13(24)23-20(27-23)12-19-17-6-5-15-11-16(26-14(2)25)7-9-21(15,3)18(17)8-10-22(19,23)4/h5,16-20H,6-12H2,1-4H3/t16-,17-,18+,19-,20+,21+,22-,23+/m1/s1. The van der Waals surface area contributed by atoms with Gasteiger partial charge in [-0.2, -0.15) is 0 Å². The Hall–Kier alpha value is -1.16. The molecule has 3 saturated carbocycles. The molecule has 0 N–H and O–H groups in total. The van der Waals surface area contributed by atoms with Gasteiger partial charge in [-0.25, -0.2) is 0 Å². The van der Waals surface area contributed by atoms with E-state index in [4.69, 9.17) is 9.47 Å². The fourth-order valence-electron chi connectivity index (χ4n) is 8.03. The van der Waals surface area contributed by atoms with Crippen molar-refractivity contribution in [2.75, 3.05) is 0 Å². The minimum Gasteiger partial charge on any atom is -0.462 e. The Kier molecular flexibility index (Phi) is 3.62. The summed E-state index contributed by atoms with van der Waals surface area (Å²) in [6.07, 6.45) is 10.1. The molecule has 4 heteroatoms. The normalized spacial score (nSPS) is 52.6. The lowest BCUT2D eigenvalue weighted by molar-refractivity contribution is -0.149. The summed E-state index contributed by atoms with van der Waals surface area (Å²) in [5, 5.41) is 0. The maximum absolute atomic E-state index is 12.5. The zero-order chi connectivity index (χ0) is 19.2. The Bertz CT molecular complexity index is 741. The maximum Gasteiger partial charge on any atom is 0.302 e. The van der Waals surface area contributed by atoms with Crippen molar-refractivity contribution in [3.8, 4) is 0 Å². The highest BCUT2D eigenvalue weighted by Crippen LogP contribution is 2.73. The molecule has 1 saturated heterocycles. The number of esters is 1. The first-order valence-corrected chi connectivity index (χ1v) is 10.8. The van der Waals surface area contributed by atoms with Crippen LogP contribution in [-0.4, -0.2) is 29.6 Å². The summed E-state index contributed by atoms with van der Waals surface area (Å²) < 4.78 is 11.6. The van der Waals surface area contributed by atoms with Gasteiger partial charge in [-0.3, -0.25) is 9.59 Å². The third kappa shape index (κ3) is 2.14. The first kappa shape index (κ1) is 17.9. The number of carbonyl (C=O) groups excluding carboxylic acids is 2. The topological polar surface area (TPSA) is 55.9 Å². The second kappa shape index (κ2) is 5.46. The Labute approximate surface area is 162 Å². The van der Waals surface area contributed by atoms with E-state index in [2.05, 4.69) is 19.9 Å². The molecule has 27 heavy (non-hydrogen) atoms. The molecule has 0 spiro atoms. The molecule has 0 aromatic heterocycles. The van der Waals surface area contributed by atoms with Crippen LogP contribution in [0.4, 0.5) is 0 Å². The smallest absolute Gasteiger partial charge is 0.302 e. The minimum atomic E-state index is -0.472. The lowest BCUT2D eigenvalue weighted by atomic mass is 9.47. The van der Waals surface area contributed by atoms with Crippen LogP contribution in [0.25, 0.3) is 0 Å². The van der Waals surface area contributed by atoms with E-state index in [1.807, 2.05) is 0 Å². The van der Waals surface area contributed by atoms with E-state index in [0.717, 1.165) is 38.5 Å². The quantitative estimate of drug-likeness (QED) is 0.414. The molecule has 5 rings (SSSR count). The van der Waals surface area contributed by atoms with E-state index >= 15 is 0 Å². The van der Waals surface area contributed by atoms with Gasteiger partial charge >= 0.3 is 5.97 Å². The number of ketones is 1. The van der Waals surface area contributed by atoms with Gasteiger partial charge in [0.2, 0.25) is 0 Å². The van der Waals surface area contributed by atoms with Crippen molar-refractivity contribution in [2.45, 2.75) is 90.4 Å². The van der Waals surface area contributed by atoms with Crippen LogP contribution in [0.3, 0.4) is 0 Å². The van der Waals surface area contributed by atoms with Gasteiger partial charge in [0.25, 0.3) is 0 Å². The van der Waals surface area contributed by atoms with Crippen molar-refractivity contribution in [1.82, 2.24) is 0 Å². The van der Waals surface area contributed by atoms with Gasteiger partial charge < -0.3 is 9.47 Å². The van der Waals surface area contributed by atoms with E-state index < -0.39 is 5.60 Å². The zero-order valence-corrected chi connectivity index (χ0v) is 17.0. The average Bonchev–Trinajstić information content (AvgIpc) is 3.27. The summed E-state index contributed by atoms with van der Waals surface area (Å²) in [5.41, 5.74) is 1.30. The molecule has 0 unspecified atom stereocenters. The first-order valence-electron chi connectivity index (χ1n) is 10.8. The lowest BCUT2D eigenvalue weighted by Crippen LogP contribution is -2.54. The van der Waals surface area contributed by atoms with Crippen LogP contribution >= 0.6 is 0 Å². The number of ether oxygens (including phenoxy) is 2. The molecule has 0 radical (unpaired) electrons. The van der Waals surface area contributed by atoms with Gasteiger partial charge in [0.1, 0.15) is 6.10 Å². The number of allylic oxidation sites excluding steroid dienone is 1. The summed E-state index contributed by atoms with van der Waals surface area (Å²) in [6.45, 7) is 8.03. The predicted octanol–water partition coefficient (Wildman–Crippen LogP) is 4.22. The van der Waals surface area contributed by atoms with Crippen molar-refractivity contribution in [3.05, 3.63) is 11.6 Å². The van der Waals surface area contributed by atoms with Crippen molar-refractivity contribution in [1.29, 1.82) is 0 Å². The summed E-state index contributed by atoms with van der Waals surface area (Å²) in [7, 11) is 0. The number of hydrogen-bond donors (Lipinski definition) is 0. The molecule has 1 heterocycles. The molecule has 4 aliphatic carbocycles. The highest BCUT2D eigenvalue weighted by Gasteiger charge is 2.79. The van der Waals surface area contributed by atoms with Gasteiger partial charge in [-0.1, -0.05) is 25.5 Å². The number of hydrogen-bond acceptors (Lipinski definition) is 4. The van der Waals surface area contributed by atoms with Crippen LogP contribution in [0.1, 0.15) is 72.6 Å². The molecular weight excluding hydrogens is 340 g/mol. The van der Waals surface area contributed by atoms with Crippen molar-refractivity contribution < 1.29 is 19.1 Å². The van der Waals surface area contributed by atoms with E-state index in [1.165, 1.54) is 18.9 Å². The molecule has 4 fully saturated rings. The predicted molar refractivity (Wildman–Crippen MR) is 101 cm³/mol. The molecule has 0 bridgehead atoms. The highest BCUT2D eigenvalue weighted by atomic mass is 16.6. The Balaban J connectivity index is 1.43. The van der Waals surface area contributed by atoms with E-state index in [9.17, 15) is 9.59 Å². The third-order valence-corrected chi connectivity index (χ3v) is 9.34. The van der Waals surface area contributed by atoms with Crippen molar-refractivity contribution in [2.24, 2.45) is 28.6 Å². The van der Waals surface area contributed by atoms with Gasteiger partial charge in [0.05, 0.1) is 6.10 Å². The summed E-state index contributed by atoms with van der Waals surface area (Å²) in [4.78, 5) is 23.8. The summed E-state index contributed by atoms with van der Waals surface area (Å²) >= 11 is 0. The van der Waals surface area contributed by atoms with Gasteiger partial charge in [-0.05, 0) is 68.6 Å². The number of carbonyl (C=O) groups is 2. The molecule has 0 aromatic carbocycles. The van der Waals surface area contributed by atoms with Gasteiger partial charge in [-0.15, -0.1) is 0 Å². The number of fused-ring (bicyclic) bond motifs is 7. The molecule has 0 amide bonds. The van der Waals surface area contributed by atoms with Crippen LogP contribution in [0, 0.1) is 28.6 Å². The second-order valence-electron chi connectivity index (χ2n) is 10.3. The Morgan fingerprint density at radius 1 is 1.15 bits per heavy atom. The van der Waals surface area contributed by atoms with Crippen LogP contribution in [0.15, 0.2) is 11.6 Å². The lowest BCUT2D eigenvalue weighted by Gasteiger charge is -2.58. The van der Waals surface area contributed by atoms with Crippen LogP contribution in [0.5, 0.6) is 0 Å². The fraction of sp³-hybridized carbons (Fsp3) is 0.826. The first-order chi connectivity index (χ1) is 12.7. The second-order valence-corrected chi connectivity index (χ2v) is 10.3. The molecule has 148 valence electrons. The Morgan fingerprint density at radius 2 is 1.93 bits per heavy atom. The van der Waals surface area contributed by atoms with Crippen molar-refractivity contribution in [3.63, 3.8) is 0 Å². The highest BCUT2D eigenvalue weighted by molar-refractivity contribution is 5.90. The van der Waals surface area contributed by atoms with Crippen molar-refractivity contribution >= 4 is 11.8 Å². The average molecular weight is 373 g/mol. The molecule has 5 aliphatic rings. The molecule has 4 nitrogen and oxygen atoms in total. The number of rotatable bonds is 2. The minimum absolute atomic E-state index is 0.0152. The monoisotopic (exact) mass is 372 g/mol. The van der Waals surface area contributed by atoms with Gasteiger partial charge in [0, 0.05) is 18.8 Å². The van der Waals surface area contributed by atoms with E-state index in [1.54, 1.807) is 6.92 Å². The third-order valence-electron chi connectivity index (χ3n) is 9.34. The van der Waals surface area contributed by atoms with E-state index in [0.29, 0.717) is 17.8 Å². The molecule has 0 aromatic rings. The van der Waals surface area contributed by atoms with Crippen LogP contribution in [-0.2, 0) is 19.1 Å². The fourth-order valence-corrected chi connectivity index (χ4v) is 8.03. The zero-order valence-electron chi connectivity index (χ0n) is 17.0. The molecular formula is C23H32O4. The Morgan fingerprint density at radius 3 is 2.63 bits per heavy atom. The van der Waals surface area contributed by atoms with Crippen LogP contribution < -0.4 is 0 Å².